The minimum Gasteiger partial charge on any atom is -0.350 e. The van der Waals surface area contributed by atoms with Gasteiger partial charge in [0.1, 0.15) is 10.8 Å². The fraction of sp³-hybridized carbons (Fsp3) is 0.227. The number of amides is 1. The molecule has 1 aromatic heterocycles. The van der Waals surface area contributed by atoms with Gasteiger partial charge in [0.2, 0.25) is 5.91 Å². The van der Waals surface area contributed by atoms with Crippen LogP contribution in [0.4, 0.5) is 15.9 Å². The summed E-state index contributed by atoms with van der Waals surface area (Å²) in [5.74, 6) is 0.420. The average molecular weight is 409 g/mol. The molecular weight excluding hydrogens is 387 g/mol. The zero-order valence-corrected chi connectivity index (χ0v) is 16.9. The summed E-state index contributed by atoms with van der Waals surface area (Å²) in [6, 6.07) is 13.1. The minimum absolute atomic E-state index is 0.172. The summed E-state index contributed by atoms with van der Waals surface area (Å²) in [4.78, 5) is 23.5. The van der Waals surface area contributed by atoms with E-state index in [0.29, 0.717) is 11.3 Å². The molecule has 148 valence electrons. The number of aryl methyl sites for hydroxylation is 1. The van der Waals surface area contributed by atoms with E-state index in [1.54, 1.807) is 31.5 Å². The molecular formula is C22H21FN4OS. The molecule has 2 aromatic carbocycles. The van der Waals surface area contributed by atoms with E-state index in [0.717, 1.165) is 30.4 Å². The molecule has 5 nitrogen and oxygen atoms in total. The van der Waals surface area contributed by atoms with Crippen molar-refractivity contribution in [1.82, 2.24) is 9.97 Å². The molecule has 0 fully saturated rings. The number of fused-ring (bicyclic) bond motifs is 1. The van der Waals surface area contributed by atoms with Crippen LogP contribution >= 0.6 is 11.8 Å². The Labute approximate surface area is 173 Å². The van der Waals surface area contributed by atoms with Gasteiger partial charge in [0.05, 0.1) is 5.75 Å². The van der Waals surface area contributed by atoms with E-state index < -0.39 is 0 Å². The van der Waals surface area contributed by atoms with Crippen molar-refractivity contribution < 1.29 is 9.18 Å². The lowest BCUT2D eigenvalue weighted by Crippen LogP contribution is -2.31. The van der Waals surface area contributed by atoms with Crippen molar-refractivity contribution in [2.45, 2.75) is 24.9 Å². The lowest BCUT2D eigenvalue weighted by Gasteiger charge is -2.30. The number of hydrogen-bond acceptors (Lipinski definition) is 5. The fourth-order valence-electron chi connectivity index (χ4n) is 3.31. The first kappa shape index (κ1) is 19.4. The van der Waals surface area contributed by atoms with Crippen molar-refractivity contribution in [1.29, 1.82) is 0 Å². The summed E-state index contributed by atoms with van der Waals surface area (Å²) >= 11 is 1.34. The first-order valence-corrected chi connectivity index (χ1v) is 10.4. The Kier molecular flexibility index (Phi) is 5.76. The number of aromatic nitrogens is 2. The third kappa shape index (κ3) is 4.56. The third-order valence-corrected chi connectivity index (χ3v) is 5.84. The summed E-state index contributed by atoms with van der Waals surface area (Å²) < 4.78 is 13.7. The maximum absolute atomic E-state index is 13.7. The van der Waals surface area contributed by atoms with Crippen molar-refractivity contribution in [3.05, 3.63) is 77.4 Å². The van der Waals surface area contributed by atoms with Crippen LogP contribution in [0.5, 0.6) is 0 Å². The predicted octanol–water partition coefficient (Wildman–Crippen LogP) is 4.22. The Hall–Kier alpha value is -2.93. The van der Waals surface area contributed by atoms with E-state index in [4.69, 9.17) is 0 Å². The average Bonchev–Trinajstić information content (AvgIpc) is 2.75. The molecule has 7 heteroatoms. The molecule has 0 bridgehead atoms. The Morgan fingerprint density at radius 1 is 1.17 bits per heavy atom. The molecule has 1 aliphatic heterocycles. The largest absolute Gasteiger partial charge is 0.350 e. The second kappa shape index (κ2) is 8.61. The number of carbonyl (C=O) groups excluding carboxylic acids is 1. The standard InChI is InChI=1S/C22H21FN4OS/c1-15-6-7-18(12-19(15)23)26-20(28)14-29-22-21(24-9-10-25-22)27-11-8-16-4-2-3-5-17(16)13-27/h2-7,9-10,12H,8,11,13-14H2,1H3,(H,26,28). The number of nitrogens with one attached hydrogen (secondary N) is 1. The molecule has 3 aromatic rings. The van der Waals surface area contributed by atoms with Gasteiger partial charge in [0.15, 0.2) is 5.82 Å². The Morgan fingerprint density at radius 2 is 1.97 bits per heavy atom. The molecule has 29 heavy (non-hydrogen) atoms. The Balaban J connectivity index is 1.42. The van der Waals surface area contributed by atoms with Crippen LogP contribution in [0.3, 0.4) is 0 Å². The van der Waals surface area contributed by atoms with Crippen molar-refractivity contribution in [2.24, 2.45) is 0 Å². The molecule has 0 radical (unpaired) electrons. The van der Waals surface area contributed by atoms with Crippen LogP contribution in [0, 0.1) is 12.7 Å². The predicted molar refractivity (Wildman–Crippen MR) is 114 cm³/mol. The highest BCUT2D eigenvalue weighted by Crippen LogP contribution is 2.30. The van der Waals surface area contributed by atoms with E-state index >= 15 is 0 Å². The molecule has 0 atom stereocenters. The van der Waals surface area contributed by atoms with Crippen molar-refractivity contribution >= 4 is 29.2 Å². The van der Waals surface area contributed by atoms with Gasteiger partial charge in [-0.1, -0.05) is 42.1 Å². The number of carbonyl (C=O) groups is 1. The molecule has 1 aliphatic rings. The molecule has 0 spiro atoms. The van der Waals surface area contributed by atoms with Crippen molar-refractivity contribution in [3.63, 3.8) is 0 Å². The highest BCUT2D eigenvalue weighted by atomic mass is 32.2. The molecule has 2 heterocycles. The van der Waals surface area contributed by atoms with E-state index in [-0.39, 0.29) is 17.5 Å². The number of hydrogen-bond donors (Lipinski definition) is 1. The summed E-state index contributed by atoms with van der Waals surface area (Å²) in [6.07, 6.45) is 4.27. The van der Waals surface area contributed by atoms with E-state index in [1.165, 1.54) is 29.0 Å². The third-order valence-electron chi connectivity index (χ3n) is 4.87. The SMILES string of the molecule is Cc1ccc(NC(=O)CSc2nccnc2N2CCc3ccccc3C2)cc1F. The van der Waals surface area contributed by atoms with Crippen LogP contribution in [-0.4, -0.2) is 28.2 Å². The molecule has 1 N–H and O–H groups in total. The van der Waals surface area contributed by atoms with Crippen molar-refractivity contribution in [2.75, 3.05) is 22.5 Å². The fourth-order valence-corrected chi connectivity index (χ4v) is 4.10. The summed E-state index contributed by atoms with van der Waals surface area (Å²) in [7, 11) is 0. The zero-order valence-electron chi connectivity index (χ0n) is 16.1. The lowest BCUT2D eigenvalue weighted by molar-refractivity contribution is -0.113. The monoisotopic (exact) mass is 408 g/mol. The van der Waals surface area contributed by atoms with Gasteiger partial charge in [-0.25, -0.2) is 14.4 Å². The minimum atomic E-state index is -0.336. The van der Waals surface area contributed by atoms with E-state index in [1.807, 2.05) is 6.07 Å². The number of halogens is 1. The Morgan fingerprint density at radius 3 is 2.79 bits per heavy atom. The Bertz CT molecular complexity index is 1040. The zero-order chi connectivity index (χ0) is 20.2. The maximum Gasteiger partial charge on any atom is 0.234 e. The van der Waals surface area contributed by atoms with Gasteiger partial charge >= 0.3 is 0 Å². The molecule has 0 saturated heterocycles. The second-order valence-electron chi connectivity index (χ2n) is 6.93. The smallest absolute Gasteiger partial charge is 0.234 e. The number of thioether (sulfide) groups is 1. The molecule has 0 aliphatic carbocycles. The summed E-state index contributed by atoms with van der Waals surface area (Å²) in [5, 5.41) is 3.45. The van der Waals surface area contributed by atoms with Gasteiger partial charge in [-0.3, -0.25) is 4.79 Å². The van der Waals surface area contributed by atoms with Gasteiger partial charge in [0.25, 0.3) is 0 Å². The van der Waals surface area contributed by atoms with E-state index in [2.05, 4.69) is 38.4 Å². The normalized spacial score (nSPS) is 13.1. The summed E-state index contributed by atoms with van der Waals surface area (Å²) in [5.41, 5.74) is 3.65. The van der Waals surface area contributed by atoms with Crippen molar-refractivity contribution in [3.8, 4) is 0 Å². The molecule has 4 rings (SSSR count). The number of benzene rings is 2. The van der Waals surface area contributed by atoms with Crippen LogP contribution in [0.25, 0.3) is 0 Å². The van der Waals surface area contributed by atoms with Gasteiger partial charge in [0, 0.05) is 31.2 Å². The van der Waals surface area contributed by atoms with Gasteiger partial charge in [-0.2, -0.15) is 0 Å². The highest BCUT2D eigenvalue weighted by molar-refractivity contribution is 8.00. The van der Waals surface area contributed by atoms with E-state index in [9.17, 15) is 9.18 Å². The molecule has 1 amide bonds. The van der Waals surface area contributed by atoms with Gasteiger partial charge in [-0.15, -0.1) is 0 Å². The molecule has 0 saturated carbocycles. The summed E-state index contributed by atoms with van der Waals surface area (Å²) in [6.45, 7) is 3.32. The number of anilines is 2. The first-order chi connectivity index (χ1) is 14.1. The first-order valence-electron chi connectivity index (χ1n) is 9.41. The van der Waals surface area contributed by atoms with Crippen LogP contribution in [-0.2, 0) is 17.8 Å². The highest BCUT2D eigenvalue weighted by Gasteiger charge is 2.20. The van der Waals surface area contributed by atoms with Crippen LogP contribution < -0.4 is 10.2 Å². The van der Waals surface area contributed by atoms with Crippen LogP contribution in [0.15, 0.2) is 59.9 Å². The number of nitrogens with zero attached hydrogens (tertiary/aromatic N) is 3. The topological polar surface area (TPSA) is 58.1 Å². The number of rotatable bonds is 5. The maximum atomic E-state index is 13.7. The molecule has 0 unspecified atom stereocenters. The second-order valence-corrected chi connectivity index (χ2v) is 7.89. The van der Waals surface area contributed by atoms with Crippen LogP contribution in [0.2, 0.25) is 0 Å². The van der Waals surface area contributed by atoms with Crippen LogP contribution in [0.1, 0.15) is 16.7 Å². The quantitative estimate of drug-likeness (QED) is 0.641. The lowest BCUT2D eigenvalue weighted by atomic mass is 10.0. The van der Waals surface area contributed by atoms with Gasteiger partial charge in [-0.05, 0) is 42.2 Å². The van der Waals surface area contributed by atoms with Gasteiger partial charge < -0.3 is 10.2 Å².